The van der Waals surface area contributed by atoms with Crippen molar-refractivity contribution in [2.24, 2.45) is 0 Å². The lowest BCUT2D eigenvalue weighted by Gasteiger charge is -2.14. The smallest absolute Gasteiger partial charge is 0.251 e. The number of amides is 1. The number of nitrogens with one attached hydrogen (secondary N) is 1. The van der Waals surface area contributed by atoms with Crippen molar-refractivity contribution in [1.29, 1.82) is 0 Å². The minimum absolute atomic E-state index is 0.115. The van der Waals surface area contributed by atoms with Gasteiger partial charge in [0.15, 0.2) is 11.5 Å². The first-order valence-corrected chi connectivity index (χ1v) is 6.13. The second-order valence-corrected chi connectivity index (χ2v) is 4.38. The lowest BCUT2D eigenvalue weighted by atomic mass is 10.1. The summed E-state index contributed by atoms with van der Waals surface area (Å²) in [6.45, 7) is 3.95. The van der Waals surface area contributed by atoms with Gasteiger partial charge in [0, 0.05) is 11.6 Å². The van der Waals surface area contributed by atoms with Crippen LogP contribution in [0.1, 0.15) is 30.6 Å². The molecule has 1 amide bonds. The summed E-state index contributed by atoms with van der Waals surface area (Å²) in [6.07, 6.45) is 0.868. The van der Waals surface area contributed by atoms with Crippen LogP contribution in [0.25, 0.3) is 0 Å². The fraction of sp³-hybridized carbons (Fsp3) is 0.462. The zero-order valence-electron chi connectivity index (χ0n) is 11.0. The van der Waals surface area contributed by atoms with Crippen molar-refractivity contribution in [3.05, 3.63) is 22.7 Å². The molecule has 0 aliphatic heterocycles. The van der Waals surface area contributed by atoms with Gasteiger partial charge in [-0.25, -0.2) is 0 Å². The summed E-state index contributed by atoms with van der Waals surface area (Å²) in [6, 6.07) is 3.30. The minimum atomic E-state index is -0.174. The molecule has 0 aliphatic rings. The number of rotatable bonds is 5. The molecule has 1 rings (SSSR count). The van der Waals surface area contributed by atoms with Crippen LogP contribution < -0.4 is 14.8 Å². The Kier molecular flexibility index (Phi) is 5.28. The highest BCUT2D eigenvalue weighted by Gasteiger charge is 2.15. The second-order valence-electron chi connectivity index (χ2n) is 3.98. The molecule has 1 atom stereocenters. The van der Waals surface area contributed by atoms with Crippen molar-refractivity contribution in [3.63, 3.8) is 0 Å². The molecule has 1 aromatic rings. The first kappa shape index (κ1) is 14.6. The Labute approximate surface area is 112 Å². The van der Waals surface area contributed by atoms with Crippen LogP contribution in [0.15, 0.2) is 12.1 Å². The minimum Gasteiger partial charge on any atom is -0.493 e. The standard InChI is InChI=1S/C13H18ClNO3/c1-5-8(2)15-13(16)9-6-10(14)12(18-4)11(7-9)17-3/h6-8H,5H2,1-4H3,(H,15,16). The number of ether oxygens (including phenoxy) is 2. The van der Waals surface area contributed by atoms with Gasteiger partial charge in [0.1, 0.15) is 0 Å². The maximum Gasteiger partial charge on any atom is 0.251 e. The number of halogens is 1. The van der Waals surface area contributed by atoms with Crippen LogP contribution >= 0.6 is 11.6 Å². The molecule has 1 N–H and O–H groups in total. The third kappa shape index (κ3) is 3.29. The van der Waals surface area contributed by atoms with Crippen LogP contribution in [0.2, 0.25) is 5.02 Å². The molecule has 0 aromatic heterocycles. The zero-order chi connectivity index (χ0) is 13.7. The molecule has 0 heterocycles. The molecule has 100 valence electrons. The molecule has 0 saturated heterocycles. The van der Waals surface area contributed by atoms with Gasteiger partial charge in [-0.1, -0.05) is 18.5 Å². The van der Waals surface area contributed by atoms with Gasteiger partial charge in [-0.15, -0.1) is 0 Å². The van der Waals surface area contributed by atoms with E-state index in [-0.39, 0.29) is 11.9 Å². The maximum absolute atomic E-state index is 12.0. The number of methoxy groups -OCH3 is 2. The molecule has 0 bridgehead atoms. The van der Waals surface area contributed by atoms with Gasteiger partial charge >= 0.3 is 0 Å². The van der Waals surface area contributed by atoms with E-state index >= 15 is 0 Å². The number of hydrogen-bond acceptors (Lipinski definition) is 3. The molecule has 0 spiro atoms. The van der Waals surface area contributed by atoms with Gasteiger partial charge in [-0.3, -0.25) is 4.79 Å². The molecule has 0 saturated carbocycles. The van der Waals surface area contributed by atoms with E-state index in [4.69, 9.17) is 21.1 Å². The Morgan fingerprint density at radius 1 is 1.39 bits per heavy atom. The maximum atomic E-state index is 12.0. The lowest BCUT2D eigenvalue weighted by molar-refractivity contribution is 0.0939. The third-order valence-electron chi connectivity index (χ3n) is 2.69. The summed E-state index contributed by atoms with van der Waals surface area (Å²) in [5, 5.41) is 3.22. The normalized spacial score (nSPS) is 11.8. The average Bonchev–Trinajstić information content (AvgIpc) is 2.37. The highest BCUT2D eigenvalue weighted by molar-refractivity contribution is 6.32. The van der Waals surface area contributed by atoms with E-state index in [0.717, 1.165) is 6.42 Å². The summed E-state index contributed by atoms with van der Waals surface area (Å²) in [7, 11) is 3.01. The topological polar surface area (TPSA) is 47.6 Å². The van der Waals surface area contributed by atoms with Crippen molar-refractivity contribution in [3.8, 4) is 11.5 Å². The van der Waals surface area contributed by atoms with Crippen LogP contribution in [-0.4, -0.2) is 26.2 Å². The first-order chi connectivity index (χ1) is 8.53. The highest BCUT2D eigenvalue weighted by Crippen LogP contribution is 2.35. The van der Waals surface area contributed by atoms with Crippen molar-refractivity contribution in [2.75, 3.05) is 14.2 Å². The highest BCUT2D eigenvalue weighted by atomic mass is 35.5. The quantitative estimate of drug-likeness (QED) is 0.896. The van der Waals surface area contributed by atoms with Crippen molar-refractivity contribution in [2.45, 2.75) is 26.3 Å². The second kappa shape index (κ2) is 6.50. The van der Waals surface area contributed by atoms with Gasteiger partial charge in [0.25, 0.3) is 5.91 Å². The van der Waals surface area contributed by atoms with Gasteiger partial charge < -0.3 is 14.8 Å². The summed E-state index contributed by atoms with van der Waals surface area (Å²) >= 11 is 6.04. The molecule has 4 nitrogen and oxygen atoms in total. The predicted octanol–water partition coefficient (Wildman–Crippen LogP) is 2.89. The average molecular weight is 272 g/mol. The van der Waals surface area contributed by atoms with Crippen molar-refractivity contribution in [1.82, 2.24) is 5.32 Å². The Morgan fingerprint density at radius 2 is 2.06 bits per heavy atom. The SMILES string of the molecule is CCC(C)NC(=O)c1cc(Cl)c(OC)c(OC)c1. The number of carbonyl (C=O) groups is 1. The summed E-state index contributed by atoms with van der Waals surface area (Å²) in [5.41, 5.74) is 0.456. The summed E-state index contributed by atoms with van der Waals surface area (Å²) in [5.74, 6) is 0.700. The monoisotopic (exact) mass is 271 g/mol. The Hall–Kier alpha value is -1.42. The fourth-order valence-corrected chi connectivity index (χ4v) is 1.75. The molecule has 0 aliphatic carbocycles. The zero-order valence-corrected chi connectivity index (χ0v) is 11.8. The van der Waals surface area contributed by atoms with Crippen LogP contribution in [0.5, 0.6) is 11.5 Å². The number of hydrogen-bond donors (Lipinski definition) is 1. The third-order valence-corrected chi connectivity index (χ3v) is 2.97. The Balaban J connectivity index is 3.04. The summed E-state index contributed by atoms with van der Waals surface area (Å²) in [4.78, 5) is 12.0. The van der Waals surface area contributed by atoms with E-state index in [0.29, 0.717) is 22.1 Å². The largest absolute Gasteiger partial charge is 0.493 e. The van der Waals surface area contributed by atoms with E-state index in [1.165, 1.54) is 14.2 Å². The fourth-order valence-electron chi connectivity index (χ4n) is 1.46. The van der Waals surface area contributed by atoms with Crippen molar-refractivity contribution >= 4 is 17.5 Å². The van der Waals surface area contributed by atoms with Crippen LogP contribution in [0.3, 0.4) is 0 Å². The van der Waals surface area contributed by atoms with E-state index in [1.807, 2.05) is 13.8 Å². The Morgan fingerprint density at radius 3 is 2.56 bits per heavy atom. The van der Waals surface area contributed by atoms with E-state index in [2.05, 4.69) is 5.32 Å². The number of carbonyl (C=O) groups excluding carboxylic acids is 1. The van der Waals surface area contributed by atoms with Crippen LogP contribution in [0, 0.1) is 0 Å². The summed E-state index contributed by atoms with van der Waals surface area (Å²) < 4.78 is 10.3. The first-order valence-electron chi connectivity index (χ1n) is 5.75. The van der Waals surface area contributed by atoms with Crippen LogP contribution in [-0.2, 0) is 0 Å². The van der Waals surface area contributed by atoms with E-state index < -0.39 is 0 Å². The van der Waals surface area contributed by atoms with E-state index in [1.54, 1.807) is 12.1 Å². The molecule has 1 unspecified atom stereocenters. The van der Waals surface area contributed by atoms with Gasteiger partial charge in [-0.2, -0.15) is 0 Å². The number of benzene rings is 1. The molecule has 0 radical (unpaired) electrons. The molecular weight excluding hydrogens is 254 g/mol. The molecule has 5 heteroatoms. The molecule has 0 fully saturated rings. The van der Waals surface area contributed by atoms with Gasteiger partial charge in [0.05, 0.1) is 19.2 Å². The van der Waals surface area contributed by atoms with Gasteiger partial charge in [0.2, 0.25) is 0 Å². The predicted molar refractivity (Wildman–Crippen MR) is 71.8 cm³/mol. The molecule has 18 heavy (non-hydrogen) atoms. The van der Waals surface area contributed by atoms with Crippen molar-refractivity contribution < 1.29 is 14.3 Å². The molecular formula is C13H18ClNO3. The van der Waals surface area contributed by atoms with E-state index in [9.17, 15) is 4.79 Å². The Bertz CT molecular complexity index is 434. The van der Waals surface area contributed by atoms with Gasteiger partial charge in [-0.05, 0) is 25.5 Å². The molecule has 1 aromatic carbocycles. The lowest BCUT2D eigenvalue weighted by Crippen LogP contribution is -2.31. The van der Waals surface area contributed by atoms with Crippen LogP contribution in [0.4, 0.5) is 0 Å².